The van der Waals surface area contributed by atoms with Crippen molar-refractivity contribution in [1.29, 1.82) is 0 Å². The van der Waals surface area contributed by atoms with Gasteiger partial charge in [-0.25, -0.2) is 4.39 Å². The van der Waals surface area contributed by atoms with E-state index in [0.717, 1.165) is 17.7 Å². The summed E-state index contributed by atoms with van der Waals surface area (Å²) in [5.41, 5.74) is 1.21. The fourth-order valence-electron chi connectivity index (χ4n) is 2.86. The van der Waals surface area contributed by atoms with Gasteiger partial charge >= 0.3 is 11.9 Å². The van der Waals surface area contributed by atoms with Crippen LogP contribution in [-0.4, -0.2) is 63.2 Å². The van der Waals surface area contributed by atoms with Crippen molar-refractivity contribution in [2.24, 2.45) is 0 Å². The second-order valence-electron chi connectivity index (χ2n) is 6.47. The third-order valence-corrected chi connectivity index (χ3v) is 4.13. The van der Waals surface area contributed by atoms with Crippen molar-refractivity contribution < 1.29 is 29.3 Å². The van der Waals surface area contributed by atoms with Crippen LogP contribution in [-0.2, 0) is 22.7 Å². The minimum atomic E-state index is -1.07. The minimum Gasteiger partial charge on any atom is -0.508 e. The van der Waals surface area contributed by atoms with Gasteiger partial charge in [0.05, 0.1) is 13.1 Å². The van der Waals surface area contributed by atoms with E-state index >= 15 is 0 Å². The summed E-state index contributed by atoms with van der Waals surface area (Å²) in [6, 6.07) is 12.8. The third-order valence-electron chi connectivity index (χ3n) is 4.13. The van der Waals surface area contributed by atoms with Crippen LogP contribution in [0.15, 0.2) is 48.5 Å². The number of phenols is 1. The number of halogens is 1. The molecule has 0 atom stereocenters. The molecule has 0 aliphatic rings. The van der Waals surface area contributed by atoms with Crippen molar-refractivity contribution in [3.8, 4) is 5.75 Å². The van der Waals surface area contributed by atoms with Gasteiger partial charge in [-0.05, 0) is 23.8 Å². The van der Waals surface area contributed by atoms with E-state index in [1.165, 1.54) is 11.0 Å². The fourth-order valence-corrected chi connectivity index (χ4v) is 2.86. The highest BCUT2D eigenvalue weighted by Crippen LogP contribution is 2.19. The Balaban J connectivity index is 2.06. The molecule has 0 aliphatic carbocycles. The van der Waals surface area contributed by atoms with Crippen LogP contribution in [0.2, 0.25) is 0 Å². The second-order valence-corrected chi connectivity index (χ2v) is 6.47. The molecular weight excluding hydrogens is 367 g/mol. The normalized spacial score (nSPS) is 11.1. The van der Waals surface area contributed by atoms with E-state index in [4.69, 9.17) is 10.2 Å². The summed E-state index contributed by atoms with van der Waals surface area (Å²) in [7, 11) is 0. The fraction of sp³-hybridized carbons (Fsp3) is 0.300. The molecule has 0 radical (unpaired) electrons. The van der Waals surface area contributed by atoms with E-state index in [9.17, 15) is 19.1 Å². The number of carboxylic acids is 2. The minimum absolute atomic E-state index is 0.0299. The Morgan fingerprint density at radius 2 is 1.43 bits per heavy atom. The number of rotatable bonds is 11. The molecule has 0 saturated carbocycles. The molecule has 0 heterocycles. The van der Waals surface area contributed by atoms with Gasteiger partial charge in [-0.2, -0.15) is 0 Å². The average molecular weight is 390 g/mol. The molecule has 0 fully saturated rings. The molecule has 0 amide bonds. The van der Waals surface area contributed by atoms with Crippen molar-refractivity contribution in [2.45, 2.75) is 13.1 Å². The summed E-state index contributed by atoms with van der Waals surface area (Å²) in [5.74, 6) is -2.70. The molecule has 0 spiro atoms. The van der Waals surface area contributed by atoms with Gasteiger partial charge in [0, 0.05) is 31.7 Å². The van der Waals surface area contributed by atoms with Crippen molar-refractivity contribution in [3.05, 3.63) is 65.5 Å². The van der Waals surface area contributed by atoms with Crippen LogP contribution in [0.25, 0.3) is 0 Å². The number of hydrogen-bond donors (Lipinski definition) is 3. The van der Waals surface area contributed by atoms with E-state index in [1.54, 1.807) is 4.90 Å². The van der Waals surface area contributed by atoms with Crippen molar-refractivity contribution in [3.63, 3.8) is 0 Å². The lowest BCUT2D eigenvalue weighted by molar-refractivity contribution is -0.140. The Kier molecular flexibility index (Phi) is 7.91. The van der Waals surface area contributed by atoms with E-state index in [0.29, 0.717) is 13.1 Å². The molecule has 0 aliphatic heterocycles. The Morgan fingerprint density at radius 3 is 2.00 bits per heavy atom. The van der Waals surface area contributed by atoms with Crippen LogP contribution in [0.5, 0.6) is 5.75 Å². The summed E-state index contributed by atoms with van der Waals surface area (Å²) in [6.45, 7) is 0.456. The Labute approximate surface area is 162 Å². The number of carboxylic acid groups (broad SMARTS) is 2. The maximum absolute atomic E-state index is 13.4. The van der Waals surface area contributed by atoms with E-state index in [-0.39, 0.29) is 37.5 Å². The van der Waals surface area contributed by atoms with Crippen LogP contribution in [0.4, 0.5) is 4.39 Å². The first-order valence-corrected chi connectivity index (χ1v) is 8.73. The Bertz CT molecular complexity index is 800. The van der Waals surface area contributed by atoms with Gasteiger partial charge in [0.1, 0.15) is 11.6 Å². The van der Waals surface area contributed by atoms with Gasteiger partial charge in [0.15, 0.2) is 0 Å². The topological polar surface area (TPSA) is 101 Å². The summed E-state index contributed by atoms with van der Waals surface area (Å²) in [4.78, 5) is 25.6. The van der Waals surface area contributed by atoms with E-state index < -0.39 is 17.8 Å². The SMILES string of the molecule is O=C(O)CN(CCN(CC(=O)O)Cc1cc(F)ccc1O)Cc1ccccc1. The van der Waals surface area contributed by atoms with Gasteiger partial charge in [-0.3, -0.25) is 19.4 Å². The molecule has 150 valence electrons. The van der Waals surface area contributed by atoms with Crippen LogP contribution in [0.3, 0.4) is 0 Å². The Morgan fingerprint density at radius 1 is 0.857 bits per heavy atom. The maximum atomic E-state index is 13.4. The van der Waals surface area contributed by atoms with Gasteiger partial charge in [-0.1, -0.05) is 30.3 Å². The molecule has 8 heteroatoms. The van der Waals surface area contributed by atoms with E-state index in [2.05, 4.69) is 0 Å². The lowest BCUT2D eigenvalue weighted by Crippen LogP contribution is -2.39. The third kappa shape index (κ3) is 7.34. The van der Waals surface area contributed by atoms with Crippen LogP contribution in [0, 0.1) is 5.82 Å². The predicted molar refractivity (Wildman–Crippen MR) is 100 cm³/mol. The molecule has 28 heavy (non-hydrogen) atoms. The molecule has 3 N–H and O–H groups in total. The molecule has 2 rings (SSSR count). The summed E-state index contributed by atoms with van der Waals surface area (Å²) in [6.07, 6.45) is 0. The van der Waals surface area contributed by atoms with E-state index in [1.807, 2.05) is 30.3 Å². The number of nitrogens with zero attached hydrogens (tertiary/aromatic N) is 2. The summed E-state index contributed by atoms with van der Waals surface area (Å²) >= 11 is 0. The number of benzene rings is 2. The molecule has 0 bridgehead atoms. The number of hydrogen-bond acceptors (Lipinski definition) is 5. The zero-order valence-corrected chi connectivity index (χ0v) is 15.3. The largest absolute Gasteiger partial charge is 0.508 e. The smallest absolute Gasteiger partial charge is 0.317 e. The van der Waals surface area contributed by atoms with Gasteiger partial charge < -0.3 is 15.3 Å². The molecule has 2 aromatic carbocycles. The average Bonchev–Trinajstić information content (AvgIpc) is 2.62. The number of carbonyl (C=O) groups is 2. The van der Waals surface area contributed by atoms with Gasteiger partial charge in [0.2, 0.25) is 0 Å². The predicted octanol–water partition coefficient (Wildman–Crippen LogP) is 2.00. The van der Waals surface area contributed by atoms with Crippen LogP contribution >= 0.6 is 0 Å². The summed E-state index contributed by atoms with van der Waals surface area (Å²) < 4.78 is 13.4. The number of aliphatic carboxylic acids is 2. The Hall–Kier alpha value is -2.97. The van der Waals surface area contributed by atoms with Crippen molar-refractivity contribution >= 4 is 11.9 Å². The zero-order valence-electron chi connectivity index (χ0n) is 15.3. The highest BCUT2D eigenvalue weighted by atomic mass is 19.1. The lowest BCUT2D eigenvalue weighted by atomic mass is 10.1. The molecule has 0 aromatic heterocycles. The molecule has 0 unspecified atom stereocenters. The molecule has 2 aromatic rings. The molecule has 0 saturated heterocycles. The first-order valence-electron chi connectivity index (χ1n) is 8.73. The number of phenolic OH excluding ortho intramolecular Hbond substituents is 1. The maximum Gasteiger partial charge on any atom is 0.317 e. The highest BCUT2D eigenvalue weighted by Gasteiger charge is 2.17. The zero-order chi connectivity index (χ0) is 20.5. The lowest BCUT2D eigenvalue weighted by Gasteiger charge is -2.26. The number of aromatic hydroxyl groups is 1. The van der Waals surface area contributed by atoms with Gasteiger partial charge in [-0.15, -0.1) is 0 Å². The quantitative estimate of drug-likeness (QED) is 0.539. The van der Waals surface area contributed by atoms with Crippen molar-refractivity contribution in [2.75, 3.05) is 26.2 Å². The molecular formula is C20H23FN2O5. The monoisotopic (exact) mass is 390 g/mol. The van der Waals surface area contributed by atoms with Gasteiger partial charge in [0.25, 0.3) is 0 Å². The second kappa shape index (κ2) is 10.4. The van der Waals surface area contributed by atoms with Crippen molar-refractivity contribution in [1.82, 2.24) is 9.80 Å². The first-order chi connectivity index (χ1) is 13.3. The first kappa shape index (κ1) is 21.3. The summed E-state index contributed by atoms with van der Waals surface area (Å²) in [5, 5.41) is 28.2. The van der Waals surface area contributed by atoms with Crippen LogP contribution in [0.1, 0.15) is 11.1 Å². The highest BCUT2D eigenvalue weighted by molar-refractivity contribution is 5.69. The molecule has 7 nitrogen and oxygen atoms in total. The standard InChI is InChI=1S/C20H23FN2O5/c21-17-6-7-18(24)16(10-17)12-23(14-20(27)28)9-8-22(13-19(25)26)11-15-4-2-1-3-5-15/h1-7,10,24H,8-9,11-14H2,(H,25,26)(H,27,28). The van der Waals surface area contributed by atoms with Crippen LogP contribution < -0.4 is 0 Å².